The van der Waals surface area contributed by atoms with E-state index >= 15 is 0 Å². The molecular weight excluding hydrogens is 398 g/mol. The Hall–Kier alpha value is -3.87. The maximum Gasteiger partial charge on any atom is 0.340 e. The Labute approximate surface area is 180 Å². The summed E-state index contributed by atoms with van der Waals surface area (Å²) >= 11 is 0. The van der Waals surface area contributed by atoms with E-state index in [-0.39, 0.29) is 6.61 Å². The fourth-order valence-corrected chi connectivity index (χ4v) is 3.31. The molecule has 0 bridgehead atoms. The van der Waals surface area contributed by atoms with E-state index in [0.29, 0.717) is 33.8 Å². The van der Waals surface area contributed by atoms with Crippen molar-refractivity contribution in [2.45, 2.75) is 13.5 Å². The monoisotopic (exact) mass is 421 g/mol. The summed E-state index contributed by atoms with van der Waals surface area (Å²) in [5.41, 5.74) is 2.72. The number of rotatable bonds is 7. The van der Waals surface area contributed by atoms with Gasteiger partial charge in [-0.05, 0) is 30.7 Å². The van der Waals surface area contributed by atoms with Crippen molar-refractivity contribution in [3.8, 4) is 11.5 Å². The molecule has 31 heavy (non-hydrogen) atoms. The van der Waals surface area contributed by atoms with E-state index in [9.17, 15) is 9.59 Å². The first-order chi connectivity index (χ1) is 15.0. The van der Waals surface area contributed by atoms with Gasteiger partial charge in [-0.25, -0.2) is 14.6 Å². The van der Waals surface area contributed by atoms with Crippen LogP contribution < -0.4 is 9.47 Å². The number of pyridine rings is 1. The zero-order chi connectivity index (χ0) is 22.4. The molecule has 2 aromatic carbocycles. The van der Waals surface area contributed by atoms with Gasteiger partial charge in [0.15, 0.2) is 11.5 Å². The number of methoxy groups -OCH3 is 3. The van der Waals surface area contributed by atoms with Crippen LogP contribution in [0, 0.1) is 6.92 Å². The van der Waals surface area contributed by atoms with Crippen molar-refractivity contribution in [1.29, 1.82) is 0 Å². The van der Waals surface area contributed by atoms with Crippen molar-refractivity contribution in [1.82, 2.24) is 4.98 Å². The first-order valence-corrected chi connectivity index (χ1v) is 9.52. The van der Waals surface area contributed by atoms with Crippen molar-refractivity contribution < 1.29 is 28.5 Å². The van der Waals surface area contributed by atoms with E-state index < -0.39 is 11.9 Å². The lowest BCUT2D eigenvalue weighted by atomic mass is 10.0. The van der Waals surface area contributed by atoms with Gasteiger partial charge in [0, 0.05) is 17.0 Å². The number of carbonyl (C=O) groups is 2. The number of para-hydroxylation sites is 2. The molecule has 7 heteroatoms. The molecule has 7 nitrogen and oxygen atoms in total. The van der Waals surface area contributed by atoms with Crippen LogP contribution in [0.3, 0.4) is 0 Å². The summed E-state index contributed by atoms with van der Waals surface area (Å²) in [6.07, 6.45) is 2.85. The van der Waals surface area contributed by atoms with Crippen LogP contribution in [0.1, 0.15) is 27.2 Å². The Morgan fingerprint density at radius 1 is 1.00 bits per heavy atom. The lowest BCUT2D eigenvalue weighted by Gasteiger charge is -2.13. The Morgan fingerprint density at radius 3 is 2.48 bits per heavy atom. The minimum absolute atomic E-state index is 0.172. The fraction of sp³-hybridized carbons (Fsp3) is 0.208. The summed E-state index contributed by atoms with van der Waals surface area (Å²) in [5, 5.41) is 0.836. The third-order valence-electron chi connectivity index (χ3n) is 4.80. The Bertz CT molecular complexity index is 1150. The highest BCUT2D eigenvalue weighted by Crippen LogP contribution is 2.31. The number of fused-ring (bicyclic) bond motifs is 1. The molecule has 3 rings (SSSR count). The molecule has 0 aliphatic heterocycles. The number of carbonyl (C=O) groups excluding carboxylic acids is 2. The number of aromatic nitrogens is 1. The predicted molar refractivity (Wildman–Crippen MR) is 116 cm³/mol. The minimum Gasteiger partial charge on any atom is -0.493 e. The van der Waals surface area contributed by atoms with Crippen LogP contribution in [0.2, 0.25) is 0 Å². The standard InChI is InChI=1S/C24H23NO6/c1-15-17-9-5-6-10-18(17)25-19(22(15)24(27)30-4)14-31-21(26)13-12-16-8-7-11-20(28-2)23(16)29-3/h5-13H,14H2,1-4H3/b13-12+. The number of nitrogens with zero attached hydrogens (tertiary/aromatic N) is 1. The van der Waals surface area contributed by atoms with Gasteiger partial charge in [-0.15, -0.1) is 0 Å². The summed E-state index contributed by atoms with van der Waals surface area (Å²) < 4.78 is 20.9. The quantitative estimate of drug-likeness (QED) is 0.419. The zero-order valence-corrected chi connectivity index (χ0v) is 17.8. The third-order valence-corrected chi connectivity index (χ3v) is 4.80. The molecule has 0 N–H and O–H groups in total. The van der Waals surface area contributed by atoms with Gasteiger partial charge in [-0.3, -0.25) is 0 Å². The second kappa shape index (κ2) is 9.75. The second-order valence-corrected chi connectivity index (χ2v) is 6.59. The first-order valence-electron chi connectivity index (χ1n) is 9.52. The zero-order valence-electron chi connectivity index (χ0n) is 17.8. The van der Waals surface area contributed by atoms with Gasteiger partial charge in [-0.2, -0.15) is 0 Å². The SMILES string of the molecule is COC(=O)c1c(COC(=O)/C=C/c2cccc(OC)c2OC)nc2ccccc2c1C. The number of esters is 2. The van der Waals surface area contributed by atoms with Crippen molar-refractivity contribution >= 4 is 28.9 Å². The Kier molecular flexibility index (Phi) is 6.87. The third kappa shape index (κ3) is 4.66. The molecule has 0 amide bonds. The van der Waals surface area contributed by atoms with Crippen LogP contribution in [0.4, 0.5) is 0 Å². The summed E-state index contributed by atoms with van der Waals surface area (Å²) in [4.78, 5) is 29.2. The molecule has 0 unspecified atom stereocenters. The lowest BCUT2D eigenvalue weighted by molar-refractivity contribution is -0.139. The molecule has 1 aromatic heterocycles. The van der Waals surface area contributed by atoms with Gasteiger partial charge in [0.2, 0.25) is 0 Å². The number of aryl methyl sites for hydroxylation is 1. The van der Waals surface area contributed by atoms with Gasteiger partial charge in [-0.1, -0.05) is 30.3 Å². The van der Waals surface area contributed by atoms with Crippen molar-refractivity contribution in [3.63, 3.8) is 0 Å². The van der Waals surface area contributed by atoms with Crippen LogP contribution in [-0.4, -0.2) is 38.3 Å². The molecule has 1 heterocycles. The Balaban J connectivity index is 1.83. The highest BCUT2D eigenvalue weighted by atomic mass is 16.5. The van der Waals surface area contributed by atoms with E-state index in [1.54, 1.807) is 24.3 Å². The van der Waals surface area contributed by atoms with Crippen LogP contribution >= 0.6 is 0 Å². The average molecular weight is 421 g/mol. The number of benzene rings is 2. The molecular formula is C24H23NO6. The molecule has 0 spiro atoms. The fourth-order valence-electron chi connectivity index (χ4n) is 3.31. The van der Waals surface area contributed by atoms with Gasteiger partial charge in [0.25, 0.3) is 0 Å². The molecule has 3 aromatic rings. The van der Waals surface area contributed by atoms with Gasteiger partial charge in [0.1, 0.15) is 6.61 Å². The molecule has 0 aliphatic carbocycles. The predicted octanol–water partition coefficient (Wildman–Crippen LogP) is 4.10. The van der Waals surface area contributed by atoms with Crippen molar-refractivity contribution in [2.24, 2.45) is 0 Å². The molecule has 160 valence electrons. The molecule has 0 saturated heterocycles. The van der Waals surface area contributed by atoms with Crippen LogP contribution in [0.25, 0.3) is 17.0 Å². The van der Waals surface area contributed by atoms with E-state index in [1.807, 2.05) is 31.2 Å². The van der Waals surface area contributed by atoms with E-state index in [1.165, 1.54) is 27.4 Å². The largest absolute Gasteiger partial charge is 0.493 e. The summed E-state index contributed by atoms with van der Waals surface area (Å²) in [6.45, 7) is 1.64. The topological polar surface area (TPSA) is 84.0 Å². The molecule has 0 saturated carbocycles. The molecule has 0 fully saturated rings. The highest BCUT2D eigenvalue weighted by molar-refractivity contribution is 5.98. The second-order valence-electron chi connectivity index (χ2n) is 6.59. The first kappa shape index (κ1) is 21.8. The van der Waals surface area contributed by atoms with Crippen LogP contribution in [0.15, 0.2) is 48.5 Å². The summed E-state index contributed by atoms with van der Waals surface area (Å²) in [7, 11) is 4.36. The number of hydrogen-bond acceptors (Lipinski definition) is 7. The van der Waals surface area contributed by atoms with Crippen molar-refractivity contribution in [2.75, 3.05) is 21.3 Å². The molecule has 0 aliphatic rings. The summed E-state index contributed by atoms with van der Waals surface area (Å²) in [5.74, 6) is -0.0582. The van der Waals surface area contributed by atoms with Crippen LogP contribution in [0.5, 0.6) is 11.5 Å². The van der Waals surface area contributed by atoms with Gasteiger partial charge in [0.05, 0.1) is 38.1 Å². The highest BCUT2D eigenvalue weighted by Gasteiger charge is 2.20. The van der Waals surface area contributed by atoms with Gasteiger partial charge < -0.3 is 18.9 Å². The smallest absolute Gasteiger partial charge is 0.340 e. The molecule has 0 radical (unpaired) electrons. The van der Waals surface area contributed by atoms with E-state index in [4.69, 9.17) is 18.9 Å². The maximum absolute atomic E-state index is 12.3. The van der Waals surface area contributed by atoms with Crippen LogP contribution in [-0.2, 0) is 20.9 Å². The number of ether oxygens (including phenoxy) is 4. The van der Waals surface area contributed by atoms with E-state index in [2.05, 4.69) is 4.98 Å². The Morgan fingerprint density at radius 2 is 1.77 bits per heavy atom. The van der Waals surface area contributed by atoms with Crippen molar-refractivity contribution in [3.05, 3.63) is 70.9 Å². The molecule has 0 atom stereocenters. The maximum atomic E-state index is 12.3. The van der Waals surface area contributed by atoms with E-state index in [0.717, 1.165) is 10.9 Å². The minimum atomic E-state index is -0.590. The lowest BCUT2D eigenvalue weighted by Crippen LogP contribution is -2.13. The van der Waals surface area contributed by atoms with Gasteiger partial charge >= 0.3 is 11.9 Å². The normalized spacial score (nSPS) is 10.8. The average Bonchev–Trinajstić information content (AvgIpc) is 2.80. The number of hydrogen-bond donors (Lipinski definition) is 0. The summed E-state index contributed by atoms with van der Waals surface area (Å²) in [6, 6.07) is 12.8.